The van der Waals surface area contributed by atoms with Crippen molar-refractivity contribution in [3.63, 3.8) is 0 Å². The van der Waals surface area contributed by atoms with Crippen molar-refractivity contribution in [2.24, 2.45) is 5.92 Å². The molecule has 0 radical (unpaired) electrons. The van der Waals surface area contributed by atoms with Gasteiger partial charge in [-0.1, -0.05) is 19.1 Å². The van der Waals surface area contributed by atoms with Crippen LogP contribution in [0.2, 0.25) is 0 Å². The third-order valence-electron chi connectivity index (χ3n) is 5.04. The SMILES string of the molecule is CCN1CCN(c2ccc(C(=O)N[C@@H]3C=C[C@H](CO)C3)cc2)CC1. The van der Waals surface area contributed by atoms with E-state index in [2.05, 4.69) is 22.0 Å². The Hall–Kier alpha value is -1.85. The highest BCUT2D eigenvalue weighted by atomic mass is 16.3. The molecule has 0 bridgehead atoms. The van der Waals surface area contributed by atoms with E-state index in [0.29, 0.717) is 5.56 Å². The van der Waals surface area contributed by atoms with Gasteiger partial charge in [0.05, 0.1) is 0 Å². The van der Waals surface area contributed by atoms with Crippen LogP contribution in [-0.2, 0) is 0 Å². The first-order valence-electron chi connectivity index (χ1n) is 8.87. The molecular weight excluding hydrogens is 302 g/mol. The van der Waals surface area contributed by atoms with Gasteiger partial charge < -0.3 is 20.2 Å². The number of rotatable bonds is 5. The Bertz CT molecular complexity index is 577. The van der Waals surface area contributed by atoms with E-state index in [1.54, 1.807) is 0 Å². The molecule has 2 atom stereocenters. The Kier molecular flexibility index (Phi) is 5.53. The quantitative estimate of drug-likeness (QED) is 0.804. The number of hydrogen-bond donors (Lipinski definition) is 2. The van der Waals surface area contributed by atoms with E-state index in [-0.39, 0.29) is 24.5 Å². The second-order valence-electron chi connectivity index (χ2n) is 6.61. The minimum absolute atomic E-state index is 0.0245. The van der Waals surface area contributed by atoms with Crippen molar-refractivity contribution in [2.45, 2.75) is 19.4 Å². The zero-order valence-electron chi connectivity index (χ0n) is 14.3. The smallest absolute Gasteiger partial charge is 0.251 e. The molecule has 5 heteroatoms. The second kappa shape index (κ2) is 7.81. The molecule has 1 amide bonds. The van der Waals surface area contributed by atoms with Crippen LogP contribution in [0, 0.1) is 5.92 Å². The van der Waals surface area contributed by atoms with Crippen LogP contribution in [-0.4, -0.2) is 61.3 Å². The number of piperazine rings is 1. The molecule has 3 rings (SSSR count). The summed E-state index contributed by atoms with van der Waals surface area (Å²) in [4.78, 5) is 17.2. The van der Waals surface area contributed by atoms with Crippen molar-refractivity contribution in [3.05, 3.63) is 42.0 Å². The Labute approximate surface area is 143 Å². The van der Waals surface area contributed by atoms with Gasteiger partial charge in [-0.3, -0.25) is 4.79 Å². The van der Waals surface area contributed by atoms with Crippen molar-refractivity contribution < 1.29 is 9.90 Å². The van der Waals surface area contributed by atoms with Gasteiger partial charge in [-0.15, -0.1) is 0 Å². The lowest BCUT2D eigenvalue weighted by molar-refractivity contribution is 0.0941. The molecule has 1 aromatic carbocycles. The number of aliphatic hydroxyl groups is 1. The van der Waals surface area contributed by atoms with Gasteiger partial charge in [-0.25, -0.2) is 0 Å². The summed E-state index contributed by atoms with van der Waals surface area (Å²) in [5, 5.41) is 12.2. The van der Waals surface area contributed by atoms with Crippen LogP contribution >= 0.6 is 0 Å². The largest absolute Gasteiger partial charge is 0.396 e. The molecule has 1 aliphatic heterocycles. The number of nitrogens with one attached hydrogen (secondary N) is 1. The molecular formula is C19H27N3O2. The van der Waals surface area contributed by atoms with Gasteiger partial charge >= 0.3 is 0 Å². The second-order valence-corrected chi connectivity index (χ2v) is 6.61. The molecule has 1 aliphatic carbocycles. The minimum Gasteiger partial charge on any atom is -0.396 e. The van der Waals surface area contributed by atoms with E-state index in [1.165, 1.54) is 5.69 Å². The lowest BCUT2D eigenvalue weighted by Crippen LogP contribution is -2.46. The van der Waals surface area contributed by atoms with Gasteiger partial charge in [0.15, 0.2) is 0 Å². The lowest BCUT2D eigenvalue weighted by Gasteiger charge is -2.35. The summed E-state index contributed by atoms with van der Waals surface area (Å²) in [7, 11) is 0. The fraction of sp³-hybridized carbons (Fsp3) is 0.526. The van der Waals surface area contributed by atoms with Gasteiger partial charge in [-0.05, 0) is 37.2 Å². The Morgan fingerprint density at radius 3 is 2.46 bits per heavy atom. The maximum absolute atomic E-state index is 12.3. The highest BCUT2D eigenvalue weighted by Gasteiger charge is 2.20. The Balaban J connectivity index is 1.54. The number of likely N-dealkylation sites (N-methyl/N-ethyl adjacent to an activating group) is 1. The van der Waals surface area contributed by atoms with E-state index in [4.69, 9.17) is 5.11 Å². The Morgan fingerprint density at radius 2 is 1.88 bits per heavy atom. The molecule has 1 aromatic rings. The number of amides is 1. The molecule has 0 aromatic heterocycles. The van der Waals surface area contributed by atoms with Crippen LogP contribution in [0.5, 0.6) is 0 Å². The first-order valence-corrected chi connectivity index (χ1v) is 8.87. The molecule has 1 fully saturated rings. The molecule has 130 valence electrons. The number of hydrogen-bond acceptors (Lipinski definition) is 4. The first-order chi connectivity index (χ1) is 11.7. The predicted octanol–water partition coefficient (Wildman–Crippen LogP) is 1.50. The number of carbonyl (C=O) groups is 1. The molecule has 2 N–H and O–H groups in total. The lowest BCUT2D eigenvalue weighted by atomic mass is 10.1. The average molecular weight is 329 g/mol. The van der Waals surface area contributed by atoms with Gasteiger partial charge in [0.1, 0.15) is 0 Å². The third-order valence-corrected chi connectivity index (χ3v) is 5.04. The minimum atomic E-state index is -0.0504. The van der Waals surface area contributed by atoms with Crippen LogP contribution in [0.25, 0.3) is 0 Å². The number of aliphatic hydroxyl groups excluding tert-OH is 1. The number of nitrogens with zero attached hydrogens (tertiary/aromatic N) is 2. The van der Waals surface area contributed by atoms with Gasteiger partial charge in [0, 0.05) is 56.0 Å². The van der Waals surface area contributed by atoms with Crippen molar-refractivity contribution in [3.8, 4) is 0 Å². The van der Waals surface area contributed by atoms with Crippen LogP contribution in [0.4, 0.5) is 5.69 Å². The third kappa shape index (κ3) is 3.97. The first kappa shape index (κ1) is 17.0. The van der Waals surface area contributed by atoms with E-state index in [9.17, 15) is 4.79 Å². The molecule has 1 heterocycles. The summed E-state index contributed by atoms with van der Waals surface area (Å²) in [5.41, 5.74) is 1.87. The highest BCUT2D eigenvalue weighted by molar-refractivity contribution is 5.94. The standard InChI is InChI=1S/C19H27N3O2/c1-2-21-9-11-22(12-10-21)18-7-4-16(5-8-18)19(24)20-17-6-3-15(13-17)14-23/h3-8,15,17,23H,2,9-14H2,1H3,(H,20,24)/t15-,17+/m0/s1. The number of benzene rings is 1. The van der Waals surface area contributed by atoms with Crippen molar-refractivity contribution >= 4 is 11.6 Å². The van der Waals surface area contributed by atoms with E-state index in [0.717, 1.165) is 39.1 Å². The molecule has 0 spiro atoms. The topological polar surface area (TPSA) is 55.8 Å². The summed E-state index contributed by atoms with van der Waals surface area (Å²) in [6, 6.07) is 7.91. The molecule has 5 nitrogen and oxygen atoms in total. The van der Waals surface area contributed by atoms with Crippen molar-refractivity contribution in [1.29, 1.82) is 0 Å². The summed E-state index contributed by atoms with van der Waals surface area (Å²) >= 11 is 0. The van der Waals surface area contributed by atoms with E-state index >= 15 is 0 Å². The highest BCUT2D eigenvalue weighted by Crippen LogP contribution is 2.19. The van der Waals surface area contributed by atoms with Crippen molar-refractivity contribution in [2.75, 3.05) is 44.2 Å². The average Bonchev–Trinajstić information content (AvgIpc) is 3.09. The fourth-order valence-corrected chi connectivity index (χ4v) is 3.41. The summed E-state index contributed by atoms with van der Waals surface area (Å²) < 4.78 is 0. The summed E-state index contributed by atoms with van der Waals surface area (Å²) in [6.07, 6.45) is 4.73. The molecule has 0 saturated carbocycles. The van der Waals surface area contributed by atoms with Crippen LogP contribution in [0.1, 0.15) is 23.7 Å². The van der Waals surface area contributed by atoms with E-state index in [1.807, 2.05) is 36.4 Å². The zero-order chi connectivity index (χ0) is 16.9. The number of anilines is 1. The summed E-state index contributed by atoms with van der Waals surface area (Å²) in [5.74, 6) is 0.116. The predicted molar refractivity (Wildman–Crippen MR) is 96.4 cm³/mol. The molecule has 1 saturated heterocycles. The molecule has 0 unspecified atom stereocenters. The molecule has 2 aliphatic rings. The Morgan fingerprint density at radius 1 is 1.17 bits per heavy atom. The molecule has 24 heavy (non-hydrogen) atoms. The van der Waals surface area contributed by atoms with Gasteiger partial charge in [0.25, 0.3) is 5.91 Å². The monoisotopic (exact) mass is 329 g/mol. The normalized spacial score (nSPS) is 24.3. The van der Waals surface area contributed by atoms with Gasteiger partial charge in [0.2, 0.25) is 0 Å². The van der Waals surface area contributed by atoms with Crippen LogP contribution in [0.15, 0.2) is 36.4 Å². The van der Waals surface area contributed by atoms with Crippen LogP contribution < -0.4 is 10.2 Å². The van der Waals surface area contributed by atoms with E-state index < -0.39 is 0 Å². The zero-order valence-corrected chi connectivity index (χ0v) is 14.3. The van der Waals surface area contributed by atoms with Gasteiger partial charge in [-0.2, -0.15) is 0 Å². The fourth-order valence-electron chi connectivity index (χ4n) is 3.41. The maximum atomic E-state index is 12.3. The number of carbonyl (C=O) groups excluding carboxylic acids is 1. The van der Waals surface area contributed by atoms with Crippen molar-refractivity contribution in [1.82, 2.24) is 10.2 Å². The summed E-state index contributed by atoms with van der Waals surface area (Å²) in [6.45, 7) is 7.72. The van der Waals surface area contributed by atoms with Crippen LogP contribution in [0.3, 0.4) is 0 Å². The maximum Gasteiger partial charge on any atom is 0.251 e.